The number of nitriles is 1. The van der Waals surface area contributed by atoms with Crippen molar-refractivity contribution in [1.82, 2.24) is 9.47 Å². The third-order valence-corrected chi connectivity index (χ3v) is 4.30. The lowest BCUT2D eigenvalue weighted by Gasteiger charge is -2.24. The average Bonchev–Trinajstić information content (AvgIpc) is 3.13. The third-order valence-electron chi connectivity index (χ3n) is 4.30. The molecule has 1 saturated heterocycles. The van der Waals surface area contributed by atoms with Gasteiger partial charge in [-0.15, -0.1) is 0 Å². The number of carbonyl (C=O) groups excluding carboxylic acids is 1. The zero-order chi connectivity index (χ0) is 17.3. The van der Waals surface area contributed by atoms with E-state index in [1.165, 1.54) is 0 Å². The van der Waals surface area contributed by atoms with Gasteiger partial charge in [0, 0.05) is 31.3 Å². The molecule has 0 bridgehead atoms. The van der Waals surface area contributed by atoms with Crippen LogP contribution >= 0.6 is 0 Å². The predicted molar refractivity (Wildman–Crippen MR) is 92.6 cm³/mol. The summed E-state index contributed by atoms with van der Waals surface area (Å²) in [5.41, 5.74) is 1.29. The van der Waals surface area contributed by atoms with Crippen molar-refractivity contribution in [3.63, 3.8) is 0 Å². The standard InChI is InChI=1S/C19H23N3O2/c1-19(2,3)24-18(23)22-8-6-15(13-22)12-21-9-7-16-5-4-14(11-20)10-17(16)21/h4-5,7,9-10,15H,6,8,12-13H2,1-3H3. The molecule has 126 valence electrons. The number of fused-ring (bicyclic) bond motifs is 1. The van der Waals surface area contributed by atoms with Crippen molar-refractivity contribution in [3.8, 4) is 6.07 Å². The highest BCUT2D eigenvalue weighted by Gasteiger charge is 2.30. The lowest BCUT2D eigenvalue weighted by atomic mass is 10.1. The van der Waals surface area contributed by atoms with Crippen LogP contribution in [0.5, 0.6) is 0 Å². The van der Waals surface area contributed by atoms with Crippen molar-refractivity contribution < 1.29 is 9.53 Å². The SMILES string of the molecule is CC(C)(C)OC(=O)N1CCC(Cn2ccc3ccc(C#N)cc32)C1. The summed E-state index contributed by atoms with van der Waals surface area (Å²) in [7, 11) is 0. The summed E-state index contributed by atoms with van der Waals surface area (Å²) >= 11 is 0. The molecule has 3 rings (SSSR count). The number of rotatable bonds is 2. The highest BCUT2D eigenvalue weighted by molar-refractivity contribution is 5.81. The second-order valence-corrected chi connectivity index (χ2v) is 7.43. The van der Waals surface area contributed by atoms with E-state index in [2.05, 4.69) is 22.9 Å². The second-order valence-electron chi connectivity index (χ2n) is 7.43. The molecule has 2 aromatic rings. The molecule has 1 aliphatic heterocycles. The van der Waals surface area contributed by atoms with Crippen molar-refractivity contribution in [2.24, 2.45) is 5.92 Å². The van der Waals surface area contributed by atoms with Gasteiger partial charge < -0.3 is 14.2 Å². The van der Waals surface area contributed by atoms with E-state index < -0.39 is 5.60 Å². The number of nitrogens with zero attached hydrogens (tertiary/aromatic N) is 3. The first-order valence-corrected chi connectivity index (χ1v) is 8.32. The number of benzene rings is 1. The molecule has 5 heteroatoms. The van der Waals surface area contributed by atoms with Gasteiger partial charge in [0.1, 0.15) is 5.60 Å². The molecule has 5 nitrogen and oxygen atoms in total. The van der Waals surface area contributed by atoms with Crippen LogP contribution in [0.2, 0.25) is 0 Å². The molecule has 0 N–H and O–H groups in total. The van der Waals surface area contributed by atoms with E-state index in [0.29, 0.717) is 18.0 Å². The molecule has 1 fully saturated rings. The monoisotopic (exact) mass is 325 g/mol. The van der Waals surface area contributed by atoms with Crippen LogP contribution in [0.3, 0.4) is 0 Å². The van der Waals surface area contributed by atoms with Gasteiger partial charge in [0.2, 0.25) is 0 Å². The molecule has 1 amide bonds. The summed E-state index contributed by atoms with van der Waals surface area (Å²) < 4.78 is 7.63. The Balaban J connectivity index is 1.68. The Kier molecular flexibility index (Phi) is 4.23. The van der Waals surface area contributed by atoms with Gasteiger partial charge in [-0.05, 0) is 56.7 Å². The molecule has 0 radical (unpaired) electrons. The molecule has 0 aliphatic carbocycles. The van der Waals surface area contributed by atoms with E-state index in [0.717, 1.165) is 30.4 Å². The van der Waals surface area contributed by atoms with Gasteiger partial charge in [-0.1, -0.05) is 6.07 Å². The molecule has 1 aliphatic rings. The topological polar surface area (TPSA) is 58.3 Å². The van der Waals surface area contributed by atoms with Crippen LogP contribution in [0.1, 0.15) is 32.8 Å². The van der Waals surface area contributed by atoms with Crippen molar-refractivity contribution in [2.45, 2.75) is 39.3 Å². The van der Waals surface area contributed by atoms with Crippen molar-refractivity contribution in [2.75, 3.05) is 13.1 Å². The van der Waals surface area contributed by atoms with Crippen LogP contribution in [0.25, 0.3) is 10.9 Å². The Morgan fingerprint density at radius 2 is 2.17 bits per heavy atom. The first-order chi connectivity index (χ1) is 11.4. The number of hydrogen-bond donors (Lipinski definition) is 0. The maximum atomic E-state index is 12.2. The lowest BCUT2D eigenvalue weighted by Crippen LogP contribution is -2.35. The molecule has 1 aromatic heterocycles. The Morgan fingerprint density at radius 3 is 2.88 bits per heavy atom. The fourth-order valence-electron chi connectivity index (χ4n) is 3.16. The summed E-state index contributed by atoms with van der Waals surface area (Å²) in [5, 5.41) is 10.2. The molecule has 24 heavy (non-hydrogen) atoms. The second kappa shape index (κ2) is 6.20. The fourth-order valence-corrected chi connectivity index (χ4v) is 3.16. The third kappa shape index (κ3) is 3.53. The zero-order valence-corrected chi connectivity index (χ0v) is 14.5. The van der Waals surface area contributed by atoms with E-state index in [4.69, 9.17) is 10.00 Å². The van der Waals surface area contributed by atoms with Gasteiger partial charge in [-0.25, -0.2) is 4.79 Å². The van der Waals surface area contributed by atoms with Gasteiger partial charge in [-0.2, -0.15) is 5.26 Å². The van der Waals surface area contributed by atoms with Crippen LogP contribution in [-0.2, 0) is 11.3 Å². The molecule has 1 unspecified atom stereocenters. The van der Waals surface area contributed by atoms with Crippen LogP contribution in [0, 0.1) is 17.2 Å². The number of ether oxygens (including phenoxy) is 1. The Bertz CT molecular complexity index is 795. The van der Waals surface area contributed by atoms with E-state index in [1.807, 2.05) is 39.0 Å². The first-order valence-electron chi connectivity index (χ1n) is 8.32. The zero-order valence-electron chi connectivity index (χ0n) is 14.5. The van der Waals surface area contributed by atoms with Gasteiger partial charge in [0.25, 0.3) is 0 Å². The molecule has 2 heterocycles. The highest BCUT2D eigenvalue weighted by atomic mass is 16.6. The molecule has 0 spiro atoms. The Morgan fingerprint density at radius 1 is 1.38 bits per heavy atom. The van der Waals surface area contributed by atoms with Crippen molar-refractivity contribution in [1.29, 1.82) is 5.26 Å². The van der Waals surface area contributed by atoms with E-state index in [1.54, 1.807) is 4.90 Å². The Hall–Kier alpha value is -2.48. The minimum absolute atomic E-state index is 0.228. The summed E-state index contributed by atoms with van der Waals surface area (Å²) in [6, 6.07) is 10.0. The van der Waals surface area contributed by atoms with Crippen LogP contribution in [-0.4, -0.2) is 34.3 Å². The van der Waals surface area contributed by atoms with Crippen molar-refractivity contribution in [3.05, 3.63) is 36.0 Å². The van der Waals surface area contributed by atoms with Gasteiger partial charge in [-0.3, -0.25) is 0 Å². The van der Waals surface area contributed by atoms with E-state index in [-0.39, 0.29) is 6.09 Å². The smallest absolute Gasteiger partial charge is 0.410 e. The summed E-state index contributed by atoms with van der Waals surface area (Å²) in [5.74, 6) is 0.402. The summed E-state index contributed by atoms with van der Waals surface area (Å²) in [4.78, 5) is 14.0. The maximum Gasteiger partial charge on any atom is 0.410 e. The number of amides is 1. The average molecular weight is 325 g/mol. The minimum Gasteiger partial charge on any atom is -0.444 e. The van der Waals surface area contributed by atoms with Gasteiger partial charge >= 0.3 is 6.09 Å². The molecular weight excluding hydrogens is 302 g/mol. The van der Waals surface area contributed by atoms with Gasteiger partial charge in [0.05, 0.1) is 11.6 Å². The van der Waals surface area contributed by atoms with Gasteiger partial charge in [0.15, 0.2) is 0 Å². The predicted octanol–water partition coefficient (Wildman–Crippen LogP) is 3.77. The molecule has 1 atom stereocenters. The minimum atomic E-state index is -0.459. The molecule has 0 saturated carbocycles. The van der Waals surface area contributed by atoms with Crippen LogP contribution < -0.4 is 0 Å². The fraction of sp³-hybridized carbons (Fsp3) is 0.474. The van der Waals surface area contributed by atoms with Crippen LogP contribution in [0.15, 0.2) is 30.5 Å². The Labute approximate surface area is 142 Å². The quantitative estimate of drug-likeness (QED) is 0.844. The highest BCUT2D eigenvalue weighted by Crippen LogP contribution is 2.24. The van der Waals surface area contributed by atoms with E-state index in [9.17, 15) is 4.79 Å². The van der Waals surface area contributed by atoms with Crippen LogP contribution in [0.4, 0.5) is 4.79 Å². The molecule has 1 aromatic carbocycles. The number of aromatic nitrogens is 1. The normalized spacial score (nSPS) is 17.9. The van der Waals surface area contributed by atoms with E-state index >= 15 is 0 Å². The lowest BCUT2D eigenvalue weighted by molar-refractivity contribution is 0.0287. The maximum absolute atomic E-state index is 12.2. The largest absolute Gasteiger partial charge is 0.444 e. The summed E-state index contributed by atoms with van der Waals surface area (Å²) in [6.07, 6.45) is 2.80. The number of hydrogen-bond acceptors (Lipinski definition) is 3. The molecular formula is C19H23N3O2. The first kappa shape index (κ1) is 16.4. The van der Waals surface area contributed by atoms with Crippen molar-refractivity contribution >= 4 is 17.0 Å². The number of likely N-dealkylation sites (tertiary alicyclic amines) is 1. The summed E-state index contributed by atoms with van der Waals surface area (Å²) in [6.45, 7) is 7.96. The number of carbonyl (C=O) groups is 1.